The zero-order valence-electron chi connectivity index (χ0n) is 21.7. The summed E-state index contributed by atoms with van der Waals surface area (Å²) in [6.07, 6.45) is 5.68. The minimum absolute atomic E-state index is 0.00600. The number of esters is 1. The normalized spacial score (nSPS) is 19.2. The topological polar surface area (TPSA) is 102 Å². The molecule has 5 rings (SSSR count). The second-order valence-electron chi connectivity index (χ2n) is 9.26. The number of nitrogens with zero attached hydrogens (tertiary/aromatic N) is 2. The van der Waals surface area contributed by atoms with Gasteiger partial charge in [0.05, 0.1) is 23.3 Å². The Labute approximate surface area is 249 Å². The summed E-state index contributed by atoms with van der Waals surface area (Å²) in [4.78, 5) is 30.6. The van der Waals surface area contributed by atoms with Crippen LogP contribution in [0.3, 0.4) is 0 Å². The van der Waals surface area contributed by atoms with Crippen LogP contribution in [0.1, 0.15) is 25.3 Å². The second kappa shape index (κ2) is 12.6. The van der Waals surface area contributed by atoms with E-state index in [2.05, 4.69) is 26.2 Å². The Morgan fingerprint density at radius 3 is 2.83 bits per heavy atom. The van der Waals surface area contributed by atoms with Gasteiger partial charge in [-0.25, -0.2) is 9.79 Å². The molecule has 8 nitrogen and oxygen atoms in total. The van der Waals surface area contributed by atoms with Crippen LogP contribution >= 0.6 is 39.3 Å². The highest BCUT2D eigenvalue weighted by molar-refractivity contribution is 9.10. The van der Waals surface area contributed by atoms with Gasteiger partial charge >= 0.3 is 5.97 Å². The molecule has 2 aliphatic rings. The molecule has 0 radical (unpaired) electrons. The summed E-state index contributed by atoms with van der Waals surface area (Å²) in [6.45, 7) is 3.21. The minimum Gasteiger partial charge on any atom is -0.506 e. The second-order valence-corrected chi connectivity index (χ2v) is 11.6. The van der Waals surface area contributed by atoms with Crippen LogP contribution in [0.15, 0.2) is 74.4 Å². The molecule has 1 aromatic heterocycles. The van der Waals surface area contributed by atoms with E-state index in [9.17, 15) is 14.7 Å². The van der Waals surface area contributed by atoms with Crippen LogP contribution in [0.25, 0.3) is 17.0 Å². The number of thioether (sulfide) groups is 1. The van der Waals surface area contributed by atoms with Crippen molar-refractivity contribution < 1.29 is 24.2 Å². The van der Waals surface area contributed by atoms with Gasteiger partial charge in [-0.2, -0.15) is 0 Å². The van der Waals surface area contributed by atoms with E-state index in [1.54, 1.807) is 37.3 Å². The fourth-order valence-corrected chi connectivity index (χ4v) is 6.07. The van der Waals surface area contributed by atoms with Gasteiger partial charge in [0.25, 0.3) is 0 Å². The Hall–Kier alpha value is -3.05. The standard InChI is InChI=1S/C29H27BrClN3O5S/c1-2-38-29(37)26-27(36)24(40-28(26)33-20-8-6-19(31)7-9-20)12-17-15-34(23-10-5-18(30)13-22(17)23)16-25(35)32-14-21-4-3-11-39-21/h5-10,12-13,15,21,36H,2-4,11,14,16H2,1H3,(H,32,35)/b24-12-,33-28?/t21-/m0/s1. The average Bonchev–Trinajstić information content (AvgIpc) is 3.63. The van der Waals surface area contributed by atoms with E-state index in [-0.39, 0.29) is 36.5 Å². The van der Waals surface area contributed by atoms with Gasteiger partial charge in [-0.1, -0.05) is 39.3 Å². The molecule has 2 aliphatic heterocycles. The Kier molecular flexibility index (Phi) is 9.00. The van der Waals surface area contributed by atoms with Crippen LogP contribution in [-0.4, -0.2) is 52.5 Å². The van der Waals surface area contributed by atoms with Crippen molar-refractivity contribution in [2.75, 3.05) is 19.8 Å². The first kappa shape index (κ1) is 28.5. The lowest BCUT2D eigenvalue weighted by atomic mass is 10.1. The minimum atomic E-state index is -0.656. The van der Waals surface area contributed by atoms with Crippen molar-refractivity contribution >= 4 is 78.9 Å². The first-order valence-electron chi connectivity index (χ1n) is 12.8. The number of carbonyl (C=O) groups is 2. The van der Waals surface area contributed by atoms with Crippen LogP contribution in [0.5, 0.6) is 0 Å². The van der Waals surface area contributed by atoms with Crippen molar-refractivity contribution in [2.45, 2.75) is 32.4 Å². The van der Waals surface area contributed by atoms with Crippen LogP contribution in [0.4, 0.5) is 5.69 Å². The molecule has 1 fully saturated rings. The number of aromatic nitrogens is 1. The first-order chi connectivity index (χ1) is 19.3. The van der Waals surface area contributed by atoms with Crippen molar-refractivity contribution in [1.82, 2.24) is 9.88 Å². The third kappa shape index (κ3) is 6.46. The van der Waals surface area contributed by atoms with E-state index >= 15 is 0 Å². The van der Waals surface area contributed by atoms with Crippen molar-refractivity contribution in [2.24, 2.45) is 4.99 Å². The SMILES string of the molecule is CCOC(=O)C1=C(O)/C(=C/c2cn(CC(=O)NC[C@@H]3CCCO3)c3ccc(Br)cc23)SC1=Nc1ccc(Cl)cc1. The maximum absolute atomic E-state index is 12.8. The van der Waals surface area contributed by atoms with Gasteiger partial charge in [-0.15, -0.1) is 0 Å². The molecular weight excluding hydrogens is 618 g/mol. The summed E-state index contributed by atoms with van der Waals surface area (Å²) in [5.41, 5.74) is 2.21. The molecule has 1 atom stereocenters. The molecular formula is C29H27BrClN3O5S. The van der Waals surface area contributed by atoms with Crippen LogP contribution in [0, 0.1) is 0 Å². The number of amides is 1. The molecule has 0 aliphatic carbocycles. The fourth-order valence-electron chi connectivity index (χ4n) is 4.55. The molecule has 0 saturated carbocycles. The Bertz CT molecular complexity index is 1540. The van der Waals surface area contributed by atoms with Crippen molar-refractivity contribution in [3.63, 3.8) is 0 Å². The van der Waals surface area contributed by atoms with Crippen molar-refractivity contribution in [3.8, 4) is 0 Å². The lowest BCUT2D eigenvalue weighted by Gasteiger charge is -2.11. The Morgan fingerprint density at radius 2 is 2.10 bits per heavy atom. The number of rotatable bonds is 8. The lowest BCUT2D eigenvalue weighted by molar-refractivity contribution is -0.138. The molecule has 208 valence electrons. The number of benzene rings is 2. The number of fused-ring (bicyclic) bond motifs is 1. The van der Waals surface area contributed by atoms with Gasteiger partial charge < -0.3 is 24.5 Å². The summed E-state index contributed by atoms with van der Waals surface area (Å²) in [5.74, 6) is -0.979. The van der Waals surface area contributed by atoms with Crippen LogP contribution in [0.2, 0.25) is 5.02 Å². The summed E-state index contributed by atoms with van der Waals surface area (Å²) in [6, 6.07) is 12.7. The summed E-state index contributed by atoms with van der Waals surface area (Å²) >= 11 is 10.7. The van der Waals surface area contributed by atoms with Crippen molar-refractivity contribution in [1.29, 1.82) is 0 Å². The lowest BCUT2D eigenvalue weighted by Crippen LogP contribution is -2.34. The average molecular weight is 645 g/mol. The third-order valence-corrected chi connectivity index (χ3v) is 8.22. The zero-order valence-corrected chi connectivity index (χ0v) is 24.8. The highest BCUT2D eigenvalue weighted by Crippen LogP contribution is 2.41. The van der Waals surface area contributed by atoms with E-state index in [1.807, 2.05) is 29.0 Å². The van der Waals surface area contributed by atoms with Gasteiger partial charge in [0, 0.05) is 45.3 Å². The van der Waals surface area contributed by atoms with Gasteiger partial charge in [0.15, 0.2) is 0 Å². The molecule has 11 heteroatoms. The molecule has 2 aromatic carbocycles. The summed E-state index contributed by atoms with van der Waals surface area (Å²) < 4.78 is 13.6. The van der Waals surface area contributed by atoms with E-state index in [0.717, 1.165) is 40.4 Å². The molecule has 0 bridgehead atoms. The first-order valence-corrected chi connectivity index (χ1v) is 14.8. The van der Waals surface area contributed by atoms with E-state index in [0.29, 0.717) is 27.2 Å². The number of aliphatic hydroxyl groups excluding tert-OH is 1. The summed E-state index contributed by atoms with van der Waals surface area (Å²) in [7, 11) is 0. The number of hydrogen-bond acceptors (Lipinski definition) is 7. The number of halogens is 2. The van der Waals surface area contributed by atoms with Gasteiger partial charge in [-0.05, 0) is 68.3 Å². The Morgan fingerprint density at radius 1 is 1.30 bits per heavy atom. The van der Waals surface area contributed by atoms with Gasteiger partial charge in [0.2, 0.25) is 5.91 Å². The van der Waals surface area contributed by atoms with Gasteiger partial charge in [0.1, 0.15) is 22.9 Å². The zero-order chi connectivity index (χ0) is 28.2. The van der Waals surface area contributed by atoms with Crippen LogP contribution in [-0.2, 0) is 25.6 Å². The number of aliphatic imine (C=N–C) groups is 1. The number of hydrogen-bond donors (Lipinski definition) is 2. The quantitative estimate of drug-likeness (QED) is 0.270. The molecule has 1 amide bonds. The third-order valence-electron chi connectivity index (χ3n) is 6.45. The van der Waals surface area contributed by atoms with E-state index < -0.39 is 5.97 Å². The fraction of sp³-hybridized carbons (Fsp3) is 0.276. The highest BCUT2D eigenvalue weighted by Gasteiger charge is 2.33. The predicted molar refractivity (Wildman–Crippen MR) is 162 cm³/mol. The largest absolute Gasteiger partial charge is 0.506 e. The molecule has 40 heavy (non-hydrogen) atoms. The number of aliphatic hydroxyl groups is 1. The molecule has 3 heterocycles. The van der Waals surface area contributed by atoms with Gasteiger partial charge in [-0.3, -0.25) is 4.79 Å². The predicted octanol–water partition coefficient (Wildman–Crippen LogP) is 6.55. The maximum Gasteiger partial charge on any atom is 0.344 e. The highest BCUT2D eigenvalue weighted by atomic mass is 79.9. The van der Waals surface area contributed by atoms with Crippen molar-refractivity contribution in [3.05, 3.63) is 80.0 Å². The van der Waals surface area contributed by atoms with E-state index in [1.165, 1.54) is 11.8 Å². The smallest absolute Gasteiger partial charge is 0.344 e. The maximum atomic E-state index is 12.8. The number of nitrogens with one attached hydrogen (secondary N) is 1. The molecule has 1 saturated heterocycles. The Balaban J connectivity index is 1.48. The number of ether oxygens (including phenoxy) is 2. The van der Waals surface area contributed by atoms with E-state index in [4.69, 9.17) is 21.1 Å². The number of carbonyl (C=O) groups excluding carboxylic acids is 2. The molecule has 0 unspecified atom stereocenters. The molecule has 3 aromatic rings. The summed E-state index contributed by atoms with van der Waals surface area (Å²) in [5, 5.41) is 15.9. The monoisotopic (exact) mass is 643 g/mol. The molecule has 2 N–H and O–H groups in total. The van der Waals surface area contributed by atoms with Crippen LogP contribution < -0.4 is 5.32 Å². The molecule has 0 spiro atoms.